The molecule has 32 heavy (non-hydrogen) atoms. The van der Waals surface area contributed by atoms with Gasteiger partial charge in [0.05, 0.1) is 16.9 Å². The molecule has 0 spiro atoms. The van der Waals surface area contributed by atoms with Crippen LogP contribution in [0.4, 0.5) is 13.2 Å². The highest BCUT2D eigenvalue weighted by Crippen LogP contribution is 2.46. The average Bonchev–Trinajstić information content (AvgIpc) is 2.93. The van der Waals surface area contributed by atoms with E-state index in [1.165, 1.54) is 7.11 Å². The first-order valence-corrected chi connectivity index (χ1v) is 10.8. The molecule has 1 aliphatic carbocycles. The van der Waals surface area contributed by atoms with Gasteiger partial charge in [-0.2, -0.15) is 13.2 Å². The van der Waals surface area contributed by atoms with Gasteiger partial charge in [0.15, 0.2) is 12.4 Å². The van der Waals surface area contributed by atoms with Crippen LogP contribution in [0, 0.1) is 13.8 Å². The highest BCUT2D eigenvalue weighted by atomic mass is 79.9. The molecule has 3 aromatic rings. The van der Waals surface area contributed by atoms with Crippen LogP contribution in [0.3, 0.4) is 0 Å². The number of aryl methyl sites for hydroxylation is 1. The summed E-state index contributed by atoms with van der Waals surface area (Å²) >= 11 is 3.62. The largest absolute Gasteiger partial charge is 0.467 e. The minimum Gasteiger partial charge on any atom is -0.467 e. The second kappa shape index (κ2) is 8.00. The molecular weight excluding hydrogens is 491 g/mol. The Balaban J connectivity index is 1.84. The Labute approximate surface area is 191 Å². The van der Waals surface area contributed by atoms with Gasteiger partial charge in [0.25, 0.3) is 0 Å². The van der Waals surface area contributed by atoms with Crippen LogP contribution in [0.1, 0.15) is 42.6 Å². The zero-order valence-electron chi connectivity index (χ0n) is 18.0. The zero-order chi connectivity index (χ0) is 23.4. The van der Waals surface area contributed by atoms with Gasteiger partial charge in [-0.1, -0.05) is 0 Å². The van der Waals surface area contributed by atoms with Crippen molar-refractivity contribution < 1.29 is 27.8 Å². The molecule has 0 amide bonds. The summed E-state index contributed by atoms with van der Waals surface area (Å²) in [5, 5.41) is 19.7. The van der Waals surface area contributed by atoms with Crippen LogP contribution in [0.2, 0.25) is 0 Å². The van der Waals surface area contributed by atoms with Gasteiger partial charge in [-0.05, 0) is 73.3 Å². The van der Waals surface area contributed by atoms with E-state index in [4.69, 9.17) is 9.47 Å². The number of methoxy groups -OCH3 is 1. The molecule has 0 atom stereocenters. The molecule has 1 N–H and O–H groups in total. The Morgan fingerprint density at radius 3 is 2.50 bits per heavy atom. The number of benzene rings is 1. The Morgan fingerprint density at radius 1 is 1.22 bits per heavy atom. The van der Waals surface area contributed by atoms with Crippen molar-refractivity contribution in [1.82, 2.24) is 14.8 Å². The maximum Gasteiger partial charge on any atom is 0.416 e. The minimum atomic E-state index is -4.51. The van der Waals surface area contributed by atoms with Crippen molar-refractivity contribution in [1.29, 1.82) is 0 Å². The number of rotatable bonds is 5. The molecule has 0 bridgehead atoms. The standard InChI is InChI=1S/C22H23BrF3N3O3/c1-11-5-13(22(24,25)26)6-17(32-10-31-4)18(11)16-7-15-19(23)12(2)29(20(15)28-27-16)14-8-21(3,30)9-14/h5-7,14,30H,8-10H2,1-4H3. The lowest BCUT2D eigenvalue weighted by Crippen LogP contribution is -2.42. The Morgan fingerprint density at radius 2 is 1.91 bits per heavy atom. The third-order valence-electron chi connectivity index (χ3n) is 5.85. The number of alkyl halides is 3. The highest BCUT2D eigenvalue weighted by molar-refractivity contribution is 9.10. The van der Waals surface area contributed by atoms with Crippen molar-refractivity contribution >= 4 is 27.0 Å². The SMILES string of the molecule is COCOc1cc(C(F)(F)F)cc(C)c1-c1cc2c(Br)c(C)n(C3CC(C)(O)C3)c2nn1. The number of hydrogen-bond donors (Lipinski definition) is 1. The zero-order valence-corrected chi connectivity index (χ0v) is 19.6. The van der Waals surface area contributed by atoms with Crippen LogP contribution >= 0.6 is 15.9 Å². The van der Waals surface area contributed by atoms with E-state index >= 15 is 0 Å². The minimum absolute atomic E-state index is 0.0233. The molecule has 0 saturated heterocycles. The summed E-state index contributed by atoms with van der Waals surface area (Å²) in [7, 11) is 1.40. The Bertz CT molecular complexity index is 1180. The van der Waals surface area contributed by atoms with E-state index in [0.29, 0.717) is 35.3 Å². The van der Waals surface area contributed by atoms with Gasteiger partial charge in [0.1, 0.15) is 5.75 Å². The smallest absolute Gasteiger partial charge is 0.416 e. The summed E-state index contributed by atoms with van der Waals surface area (Å²) in [4.78, 5) is 0. The summed E-state index contributed by atoms with van der Waals surface area (Å²) in [5.41, 5.74) is 1.29. The maximum atomic E-state index is 13.3. The Hall–Kier alpha value is -2.17. The first kappa shape index (κ1) is 23.0. The molecule has 0 unspecified atom stereocenters. The van der Waals surface area contributed by atoms with Gasteiger partial charge in [-0.25, -0.2) is 0 Å². The van der Waals surface area contributed by atoms with Gasteiger partial charge >= 0.3 is 6.18 Å². The average molecular weight is 514 g/mol. The number of aliphatic hydroxyl groups is 1. The molecule has 0 radical (unpaired) electrons. The van der Waals surface area contributed by atoms with Crippen LogP contribution in [0.5, 0.6) is 5.75 Å². The van der Waals surface area contributed by atoms with E-state index in [9.17, 15) is 18.3 Å². The number of halogens is 4. The predicted octanol–water partition coefficient (Wildman–Crippen LogP) is 5.57. The lowest BCUT2D eigenvalue weighted by molar-refractivity contribution is -0.137. The number of fused-ring (bicyclic) bond motifs is 1. The second-order valence-corrected chi connectivity index (χ2v) is 9.30. The lowest BCUT2D eigenvalue weighted by Gasteiger charge is -2.42. The van der Waals surface area contributed by atoms with Crippen molar-refractivity contribution in [2.75, 3.05) is 13.9 Å². The summed E-state index contributed by atoms with van der Waals surface area (Å²) in [6.07, 6.45) is -3.29. The van der Waals surface area contributed by atoms with E-state index in [1.807, 2.05) is 6.92 Å². The van der Waals surface area contributed by atoms with Crippen molar-refractivity contribution in [2.45, 2.75) is 51.4 Å². The van der Waals surface area contributed by atoms with Gasteiger partial charge < -0.3 is 19.1 Å². The van der Waals surface area contributed by atoms with Crippen LogP contribution in [0.15, 0.2) is 22.7 Å². The molecule has 2 aromatic heterocycles. The topological polar surface area (TPSA) is 69.4 Å². The predicted molar refractivity (Wildman–Crippen MR) is 117 cm³/mol. The molecule has 6 nitrogen and oxygen atoms in total. The number of ether oxygens (including phenoxy) is 2. The van der Waals surface area contributed by atoms with Gasteiger partial charge in [-0.3, -0.25) is 0 Å². The molecule has 4 rings (SSSR count). The fraction of sp³-hybridized carbons (Fsp3) is 0.455. The van der Waals surface area contributed by atoms with Gasteiger partial charge in [-0.15, -0.1) is 10.2 Å². The summed E-state index contributed by atoms with van der Waals surface area (Å²) in [6.45, 7) is 5.13. The quantitative estimate of drug-likeness (QED) is 0.452. The monoisotopic (exact) mass is 513 g/mol. The van der Waals surface area contributed by atoms with E-state index in [-0.39, 0.29) is 18.6 Å². The molecule has 1 saturated carbocycles. The van der Waals surface area contributed by atoms with E-state index in [2.05, 4.69) is 30.7 Å². The Kier molecular flexibility index (Phi) is 5.75. The first-order valence-electron chi connectivity index (χ1n) is 10.0. The molecule has 10 heteroatoms. The van der Waals surface area contributed by atoms with Crippen molar-refractivity contribution in [3.63, 3.8) is 0 Å². The van der Waals surface area contributed by atoms with Gasteiger partial charge in [0, 0.05) is 34.3 Å². The molecule has 172 valence electrons. The van der Waals surface area contributed by atoms with Crippen LogP contribution in [-0.4, -0.2) is 39.4 Å². The number of hydrogen-bond acceptors (Lipinski definition) is 5. The summed E-state index contributed by atoms with van der Waals surface area (Å²) in [6, 6.07) is 3.92. The molecule has 0 aliphatic heterocycles. The lowest BCUT2D eigenvalue weighted by atomic mass is 9.77. The number of aromatic nitrogens is 3. The third kappa shape index (κ3) is 3.99. The molecule has 1 aromatic carbocycles. The van der Waals surface area contributed by atoms with Crippen LogP contribution in [0.25, 0.3) is 22.3 Å². The van der Waals surface area contributed by atoms with Crippen molar-refractivity contribution in [3.8, 4) is 17.0 Å². The highest BCUT2D eigenvalue weighted by Gasteiger charge is 2.41. The maximum absolute atomic E-state index is 13.3. The van der Waals surface area contributed by atoms with Crippen LogP contribution < -0.4 is 4.74 Å². The number of nitrogens with zero attached hydrogens (tertiary/aromatic N) is 3. The molecular formula is C22H23BrF3N3O3. The van der Waals surface area contributed by atoms with Crippen LogP contribution in [-0.2, 0) is 10.9 Å². The summed E-state index contributed by atoms with van der Waals surface area (Å²) in [5.74, 6) is 0.0233. The molecule has 1 fully saturated rings. The van der Waals surface area contributed by atoms with E-state index in [0.717, 1.165) is 27.7 Å². The first-order chi connectivity index (χ1) is 14.9. The second-order valence-electron chi connectivity index (χ2n) is 8.51. The molecule has 1 aliphatic rings. The fourth-order valence-corrected chi connectivity index (χ4v) is 4.86. The fourth-order valence-electron chi connectivity index (χ4n) is 4.37. The normalized spacial score (nSPS) is 21.1. The van der Waals surface area contributed by atoms with Gasteiger partial charge in [0.2, 0.25) is 0 Å². The third-order valence-corrected chi connectivity index (χ3v) is 6.85. The molecule has 2 heterocycles. The summed E-state index contributed by atoms with van der Waals surface area (Å²) < 4.78 is 53.3. The van der Waals surface area contributed by atoms with E-state index in [1.54, 1.807) is 19.9 Å². The van der Waals surface area contributed by atoms with Crippen molar-refractivity contribution in [2.24, 2.45) is 0 Å². The van der Waals surface area contributed by atoms with E-state index < -0.39 is 17.3 Å². The van der Waals surface area contributed by atoms with Crippen molar-refractivity contribution in [3.05, 3.63) is 39.5 Å².